The van der Waals surface area contributed by atoms with Crippen molar-refractivity contribution in [3.8, 4) is 0 Å². The van der Waals surface area contributed by atoms with Crippen LogP contribution in [0.1, 0.15) is 5.56 Å². The minimum Gasteiger partial charge on any atom is -0.472 e. The summed E-state index contributed by atoms with van der Waals surface area (Å²) in [6.07, 6.45) is 4.95. The van der Waals surface area contributed by atoms with Gasteiger partial charge in [0.2, 0.25) is 0 Å². The van der Waals surface area contributed by atoms with Gasteiger partial charge in [-0.1, -0.05) is 0 Å². The lowest BCUT2D eigenvalue weighted by Gasteiger charge is -2.17. The van der Waals surface area contributed by atoms with E-state index in [-0.39, 0.29) is 0 Å². The van der Waals surface area contributed by atoms with Crippen LogP contribution >= 0.6 is 0 Å². The molecular weight excluding hydrogens is 204 g/mol. The molecule has 5 nitrogen and oxygen atoms in total. The second-order valence-corrected chi connectivity index (χ2v) is 3.50. The molecule has 84 valence electrons. The Morgan fingerprint density at radius 2 is 2.31 bits per heavy atom. The van der Waals surface area contributed by atoms with Gasteiger partial charge in [-0.25, -0.2) is 9.97 Å². The molecule has 2 rings (SSSR count). The van der Waals surface area contributed by atoms with Gasteiger partial charge < -0.3 is 14.6 Å². The molecule has 0 aliphatic heterocycles. The van der Waals surface area contributed by atoms with Crippen LogP contribution < -0.4 is 10.2 Å². The summed E-state index contributed by atoms with van der Waals surface area (Å²) in [5.41, 5.74) is 1.12. The lowest BCUT2D eigenvalue weighted by molar-refractivity contribution is 0.563. The number of hydrogen-bond acceptors (Lipinski definition) is 5. The molecule has 2 heterocycles. The van der Waals surface area contributed by atoms with Crippen molar-refractivity contribution in [3.05, 3.63) is 36.5 Å². The zero-order valence-corrected chi connectivity index (χ0v) is 9.34. The molecule has 2 aromatic rings. The maximum Gasteiger partial charge on any atom is 0.134 e. The molecule has 0 fully saturated rings. The average Bonchev–Trinajstić information content (AvgIpc) is 2.82. The molecular formula is C11H14N4O. The topological polar surface area (TPSA) is 54.2 Å². The van der Waals surface area contributed by atoms with Crippen molar-refractivity contribution in [1.82, 2.24) is 9.97 Å². The van der Waals surface area contributed by atoms with Crippen molar-refractivity contribution >= 4 is 11.6 Å². The molecule has 0 aliphatic carbocycles. The zero-order chi connectivity index (χ0) is 11.4. The fourth-order valence-corrected chi connectivity index (χ4v) is 1.43. The lowest BCUT2D eigenvalue weighted by Crippen LogP contribution is -2.17. The zero-order valence-electron chi connectivity index (χ0n) is 9.34. The van der Waals surface area contributed by atoms with Crippen molar-refractivity contribution in [2.75, 3.05) is 24.3 Å². The van der Waals surface area contributed by atoms with E-state index in [2.05, 4.69) is 15.3 Å². The second kappa shape index (κ2) is 4.65. The van der Waals surface area contributed by atoms with Crippen molar-refractivity contribution in [2.24, 2.45) is 0 Å². The molecule has 1 N–H and O–H groups in total. The van der Waals surface area contributed by atoms with E-state index in [4.69, 9.17) is 4.42 Å². The van der Waals surface area contributed by atoms with Crippen LogP contribution in [0.5, 0.6) is 0 Å². The summed E-state index contributed by atoms with van der Waals surface area (Å²) in [4.78, 5) is 10.3. The van der Waals surface area contributed by atoms with Gasteiger partial charge in [0, 0.05) is 32.3 Å². The molecule has 2 aromatic heterocycles. The van der Waals surface area contributed by atoms with Gasteiger partial charge in [0.05, 0.1) is 12.5 Å². The third-order valence-electron chi connectivity index (χ3n) is 2.30. The standard InChI is InChI=1S/C11H14N4O/c1-12-10-5-11(14-8-13-10)15(2)6-9-3-4-16-7-9/h3-5,7-8H,6H2,1-2H3,(H,12,13,14). The lowest BCUT2D eigenvalue weighted by atomic mass is 10.3. The van der Waals surface area contributed by atoms with Gasteiger partial charge in [-0.05, 0) is 6.07 Å². The second-order valence-electron chi connectivity index (χ2n) is 3.50. The first-order valence-corrected chi connectivity index (χ1v) is 5.01. The highest BCUT2D eigenvalue weighted by molar-refractivity contribution is 5.47. The van der Waals surface area contributed by atoms with E-state index >= 15 is 0 Å². The highest BCUT2D eigenvalue weighted by Gasteiger charge is 2.05. The molecule has 0 bridgehead atoms. The van der Waals surface area contributed by atoms with Crippen LogP contribution in [0, 0.1) is 0 Å². The largest absolute Gasteiger partial charge is 0.472 e. The number of anilines is 2. The quantitative estimate of drug-likeness (QED) is 0.847. The first-order valence-electron chi connectivity index (χ1n) is 5.01. The van der Waals surface area contributed by atoms with Crippen LogP contribution in [-0.2, 0) is 6.54 Å². The molecule has 0 aromatic carbocycles. The molecule has 0 amide bonds. The summed E-state index contributed by atoms with van der Waals surface area (Å²) in [5.74, 6) is 1.68. The van der Waals surface area contributed by atoms with Gasteiger partial charge in [-0.15, -0.1) is 0 Å². The minimum atomic E-state index is 0.761. The van der Waals surface area contributed by atoms with Gasteiger partial charge in [-0.2, -0.15) is 0 Å². The van der Waals surface area contributed by atoms with E-state index in [0.717, 1.165) is 23.7 Å². The monoisotopic (exact) mass is 218 g/mol. The summed E-state index contributed by atoms with van der Waals surface area (Å²) in [5, 5.41) is 2.98. The van der Waals surface area contributed by atoms with Crippen LogP contribution in [0.2, 0.25) is 0 Å². The number of furan rings is 1. The predicted molar refractivity (Wildman–Crippen MR) is 62.4 cm³/mol. The van der Waals surface area contributed by atoms with E-state index in [1.807, 2.05) is 31.1 Å². The first-order chi connectivity index (χ1) is 7.79. The molecule has 0 unspecified atom stereocenters. The molecule has 0 atom stereocenters. The van der Waals surface area contributed by atoms with Crippen LogP contribution in [0.25, 0.3) is 0 Å². The Labute approximate surface area is 94.1 Å². The van der Waals surface area contributed by atoms with Gasteiger partial charge >= 0.3 is 0 Å². The van der Waals surface area contributed by atoms with Gasteiger partial charge in [0.15, 0.2) is 0 Å². The van der Waals surface area contributed by atoms with Crippen molar-refractivity contribution in [2.45, 2.75) is 6.54 Å². The van der Waals surface area contributed by atoms with Crippen LogP contribution in [0.15, 0.2) is 35.4 Å². The molecule has 0 radical (unpaired) electrons. The summed E-state index contributed by atoms with van der Waals surface area (Å²) >= 11 is 0. The SMILES string of the molecule is CNc1cc(N(C)Cc2ccoc2)ncn1. The number of nitrogens with zero attached hydrogens (tertiary/aromatic N) is 3. The molecule has 5 heteroatoms. The summed E-state index contributed by atoms with van der Waals surface area (Å²) in [6, 6.07) is 3.84. The van der Waals surface area contributed by atoms with E-state index in [1.165, 1.54) is 0 Å². The molecule has 0 saturated heterocycles. The Bertz CT molecular complexity index is 441. The summed E-state index contributed by atoms with van der Waals surface area (Å²) < 4.78 is 5.02. The smallest absolute Gasteiger partial charge is 0.134 e. The minimum absolute atomic E-state index is 0.761. The number of nitrogens with one attached hydrogen (secondary N) is 1. The average molecular weight is 218 g/mol. The Morgan fingerprint density at radius 1 is 1.44 bits per heavy atom. The Morgan fingerprint density at radius 3 is 3.00 bits per heavy atom. The molecule has 0 saturated carbocycles. The summed E-state index contributed by atoms with van der Waals surface area (Å²) in [7, 11) is 3.82. The molecule has 0 aliphatic rings. The third-order valence-corrected chi connectivity index (χ3v) is 2.30. The summed E-state index contributed by atoms with van der Waals surface area (Å²) in [6.45, 7) is 0.761. The number of aromatic nitrogens is 2. The van der Waals surface area contributed by atoms with Crippen LogP contribution in [0.4, 0.5) is 11.6 Å². The Hall–Kier alpha value is -2.04. The van der Waals surface area contributed by atoms with Crippen molar-refractivity contribution < 1.29 is 4.42 Å². The van der Waals surface area contributed by atoms with E-state index in [1.54, 1.807) is 18.9 Å². The predicted octanol–water partition coefficient (Wildman–Crippen LogP) is 1.75. The van der Waals surface area contributed by atoms with Crippen molar-refractivity contribution in [1.29, 1.82) is 0 Å². The van der Waals surface area contributed by atoms with Crippen LogP contribution in [0.3, 0.4) is 0 Å². The van der Waals surface area contributed by atoms with Gasteiger partial charge in [0.1, 0.15) is 18.0 Å². The van der Waals surface area contributed by atoms with Crippen LogP contribution in [-0.4, -0.2) is 24.1 Å². The van der Waals surface area contributed by atoms with Gasteiger partial charge in [-0.3, -0.25) is 0 Å². The highest BCUT2D eigenvalue weighted by Crippen LogP contribution is 2.14. The maximum atomic E-state index is 5.02. The Balaban J connectivity index is 2.11. The van der Waals surface area contributed by atoms with E-state index < -0.39 is 0 Å². The van der Waals surface area contributed by atoms with Gasteiger partial charge in [0.25, 0.3) is 0 Å². The maximum absolute atomic E-state index is 5.02. The number of hydrogen-bond donors (Lipinski definition) is 1. The fraction of sp³-hybridized carbons (Fsp3) is 0.273. The van der Waals surface area contributed by atoms with E-state index in [0.29, 0.717) is 0 Å². The highest BCUT2D eigenvalue weighted by atomic mass is 16.3. The fourth-order valence-electron chi connectivity index (χ4n) is 1.43. The molecule has 16 heavy (non-hydrogen) atoms. The first kappa shape index (κ1) is 10.5. The van der Waals surface area contributed by atoms with E-state index in [9.17, 15) is 0 Å². The number of rotatable bonds is 4. The van der Waals surface area contributed by atoms with Crippen molar-refractivity contribution in [3.63, 3.8) is 0 Å². The Kier molecular flexibility index (Phi) is 3.05. The normalized spacial score (nSPS) is 10.1. The third kappa shape index (κ3) is 2.31. The molecule has 0 spiro atoms.